The molecule has 4 heteroatoms. The molecule has 0 unspecified atom stereocenters. The van der Waals surface area contributed by atoms with Crippen LogP contribution < -0.4 is 5.32 Å². The lowest BCUT2D eigenvalue weighted by atomic mass is 10.2. The molecule has 0 aliphatic rings. The number of rotatable bonds is 7. The second-order valence-electron chi connectivity index (χ2n) is 3.63. The van der Waals surface area contributed by atoms with Crippen LogP contribution in [-0.4, -0.2) is 26.0 Å². The van der Waals surface area contributed by atoms with Gasteiger partial charge in [-0.2, -0.15) is 0 Å². The number of halogens is 1. The van der Waals surface area contributed by atoms with E-state index >= 15 is 0 Å². The monoisotopic (exact) mass is 241 g/mol. The molecule has 0 saturated carbocycles. The molecule has 1 N–H and O–H groups in total. The molecular formula is C13H20FNO2. The van der Waals surface area contributed by atoms with Gasteiger partial charge in [-0.25, -0.2) is 4.39 Å². The third-order valence-corrected chi connectivity index (χ3v) is 2.43. The standard InChI is InChI=1S/C13H20FNO2/c1-4-16-13(17-5-2)9-15-12-8-6-7-11(14)10(12)3/h6-8,13,15H,4-5,9H2,1-3H3. The molecule has 1 aromatic carbocycles. The molecule has 0 radical (unpaired) electrons. The van der Waals surface area contributed by atoms with E-state index in [1.807, 2.05) is 19.9 Å². The molecule has 1 rings (SSSR count). The van der Waals surface area contributed by atoms with Crippen molar-refractivity contribution in [3.63, 3.8) is 0 Å². The van der Waals surface area contributed by atoms with Gasteiger partial charge in [0.1, 0.15) is 5.82 Å². The van der Waals surface area contributed by atoms with E-state index in [4.69, 9.17) is 9.47 Å². The van der Waals surface area contributed by atoms with Gasteiger partial charge in [0.2, 0.25) is 0 Å². The lowest BCUT2D eigenvalue weighted by Crippen LogP contribution is -2.26. The minimum atomic E-state index is -0.298. The molecule has 0 spiro atoms. The topological polar surface area (TPSA) is 30.5 Å². The molecule has 0 saturated heterocycles. The highest BCUT2D eigenvalue weighted by Gasteiger charge is 2.09. The van der Waals surface area contributed by atoms with Crippen LogP contribution in [0.3, 0.4) is 0 Å². The summed E-state index contributed by atoms with van der Waals surface area (Å²) in [7, 11) is 0. The van der Waals surface area contributed by atoms with Gasteiger partial charge < -0.3 is 14.8 Å². The average molecular weight is 241 g/mol. The van der Waals surface area contributed by atoms with Crippen molar-refractivity contribution in [1.29, 1.82) is 0 Å². The van der Waals surface area contributed by atoms with Gasteiger partial charge in [0.15, 0.2) is 6.29 Å². The first-order valence-corrected chi connectivity index (χ1v) is 5.91. The van der Waals surface area contributed by atoms with E-state index in [1.54, 1.807) is 13.0 Å². The van der Waals surface area contributed by atoms with E-state index in [1.165, 1.54) is 6.07 Å². The lowest BCUT2D eigenvalue weighted by Gasteiger charge is -2.19. The first kappa shape index (κ1) is 13.9. The largest absolute Gasteiger partial charge is 0.380 e. The van der Waals surface area contributed by atoms with E-state index in [9.17, 15) is 4.39 Å². The normalized spacial score (nSPS) is 10.9. The molecule has 0 aromatic heterocycles. The summed E-state index contributed by atoms with van der Waals surface area (Å²) in [5.41, 5.74) is 1.38. The maximum absolute atomic E-state index is 13.3. The molecule has 0 fully saturated rings. The van der Waals surface area contributed by atoms with Crippen molar-refractivity contribution in [2.24, 2.45) is 0 Å². The van der Waals surface area contributed by atoms with Gasteiger partial charge in [-0.1, -0.05) is 6.07 Å². The quantitative estimate of drug-likeness (QED) is 0.744. The highest BCUT2D eigenvalue weighted by molar-refractivity contribution is 5.50. The van der Waals surface area contributed by atoms with Crippen LogP contribution >= 0.6 is 0 Å². The number of hydrogen-bond donors (Lipinski definition) is 1. The maximum atomic E-state index is 13.3. The zero-order chi connectivity index (χ0) is 12.7. The lowest BCUT2D eigenvalue weighted by molar-refractivity contribution is -0.126. The third kappa shape index (κ3) is 4.32. The van der Waals surface area contributed by atoms with Crippen LogP contribution in [0, 0.1) is 12.7 Å². The van der Waals surface area contributed by atoms with E-state index in [0.717, 1.165) is 5.69 Å². The fraction of sp³-hybridized carbons (Fsp3) is 0.538. The molecule has 1 aromatic rings. The first-order valence-electron chi connectivity index (χ1n) is 5.91. The van der Waals surface area contributed by atoms with Crippen molar-refractivity contribution < 1.29 is 13.9 Å². The Hall–Kier alpha value is -1.13. The van der Waals surface area contributed by atoms with Crippen molar-refractivity contribution in [1.82, 2.24) is 0 Å². The summed E-state index contributed by atoms with van der Waals surface area (Å²) >= 11 is 0. The van der Waals surface area contributed by atoms with Crippen molar-refractivity contribution in [2.45, 2.75) is 27.1 Å². The highest BCUT2D eigenvalue weighted by atomic mass is 19.1. The van der Waals surface area contributed by atoms with Crippen LogP contribution in [0.4, 0.5) is 10.1 Å². The summed E-state index contributed by atoms with van der Waals surface area (Å²) in [6.07, 6.45) is -0.298. The van der Waals surface area contributed by atoms with Crippen LogP contribution in [0.1, 0.15) is 19.4 Å². The van der Waals surface area contributed by atoms with Gasteiger partial charge in [0.25, 0.3) is 0 Å². The van der Waals surface area contributed by atoms with Crippen LogP contribution in [0.25, 0.3) is 0 Å². The minimum Gasteiger partial charge on any atom is -0.380 e. The molecule has 17 heavy (non-hydrogen) atoms. The summed E-state index contributed by atoms with van der Waals surface area (Å²) in [5, 5.41) is 3.13. The van der Waals surface area contributed by atoms with Gasteiger partial charge in [0.05, 0.1) is 6.54 Å². The zero-order valence-electron chi connectivity index (χ0n) is 10.6. The van der Waals surface area contributed by atoms with Gasteiger partial charge in [0, 0.05) is 24.5 Å². The molecule has 0 amide bonds. The SMILES string of the molecule is CCOC(CNc1cccc(F)c1C)OCC. The Labute approximate surface area is 102 Å². The molecule has 0 heterocycles. The van der Waals surface area contributed by atoms with Crippen molar-refractivity contribution in [3.8, 4) is 0 Å². The Kier molecular flexibility index (Phi) is 5.94. The van der Waals surface area contributed by atoms with Crippen molar-refractivity contribution in [3.05, 3.63) is 29.6 Å². The van der Waals surface area contributed by atoms with Crippen LogP contribution in [-0.2, 0) is 9.47 Å². The fourth-order valence-corrected chi connectivity index (χ4v) is 1.53. The molecule has 0 atom stereocenters. The van der Waals surface area contributed by atoms with Gasteiger partial charge in [-0.15, -0.1) is 0 Å². The first-order chi connectivity index (χ1) is 8.19. The molecule has 0 aliphatic carbocycles. The Bertz CT molecular complexity index is 338. The molecular weight excluding hydrogens is 221 g/mol. The molecule has 0 bridgehead atoms. The Morgan fingerprint density at radius 2 is 1.88 bits per heavy atom. The summed E-state index contributed by atoms with van der Waals surface area (Å²) in [5.74, 6) is -0.209. The average Bonchev–Trinajstić information content (AvgIpc) is 2.31. The zero-order valence-corrected chi connectivity index (χ0v) is 10.6. The highest BCUT2D eigenvalue weighted by Crippen LogP contribution is 2.17. The number of benzene rings is 1. The van der Waals surface area contributed by atoms with Gasteiger partial charge >= 0.3 is 0 Å². The third-order valence-electron chi connectivity index (χ3n) is 2.43. The summed E-state index contributed by atoms with van der Waals surface area (Å²) < 4.78 is 24.1. The fourth-order valence-electron chi connectivity index (χ4n) is 1.53. The Morgan fingerprint density at radius 3 is 2.47 bits per heavy atom. The number of hydrogen-bond acceptors (Lipinski definition) is 3. The number of ether oxygens (including phenoxy) is 2. The molecule has 0 aliphatic heterocycles. The van der Waals surface area contributed by atoms with Crippen molar-refractivity contribution >= 4 is 5.69 Å². The van der Waals surface area contributed by atoms with Gasteiger partial charge in [-0.05, 0) is 32.9 Å². The summed E-state index contributed by atoms with van der Waals surface area (Å²) in [6.45, 7) is 7.27. The predicted octanol–water partition coefficient (Wildman–Crippen LogP) is 2.95. The second kappa shape index (κ2) is 7.25. The molecule has 3 nitrogen and oxygen atoms in total. The Balaban J connectivity index is 2.55. The smallest absolute Gasteiger partial charge is 0.174 e. The Morgan fingerprint density at radius 1 is 1.24 bits per heavy atom. The summed E-state index contributed by atoms with van der Waals surface area (Å²) in [4.78, 5) is 0. The maximum Gasteiger partial charge on any atom is 0.174 e. The number of anilines is 1. The second-order valence-corrected chi connectivity index (χ2v) is 3.63. The minimum absolute atomic E-state index is 0.209. The molecule has 96 valence electrons. The van der Waals surface area contributed by atoms with E-state index in [2.05, 4.69) is 5.32 Å². The van der Waals surface area contributed by atoms with Crippen LogP contribution in [0.5, 0.6) is 0 Å². The summed E-state index contributed by atoms with van der Waals surface area (Å²) in [6, 6.07) is 4.97. The van der Waals surface area contributed by atoms with Crippen LogP contribution in [0.15, 0.2) is 18.2 Å². The van der Waals surface area contributed by atoms with Gasteiger partial charge in [-0.3, -0.25) is 0 Å². The number of nitrogens with one attached hydrogen (secondary N) is 1. The van der Waals surface area contributed by atoms with E-state index in [-0.39, 0.29) is 12.1 Å². The van der Waals surface area contributed by atoms with Crippen LogP contribution in [0.2, 0.25) is 0 Å². The van der Waals surface area contributed by atoms with E-state index < -0.39 is 0 Å². The van der Waals surface area contributed by atoms with Crippen molar-refractivity contribution in [2.75, 3.05) is 25.1 Å². The van der Waals surface area contributed by atoms with E-state index in [0.29, 0.717) is 25.3 Å². The predicted molar refractivity (Wildman–Crippen MR) is 66.7 cm³/mol.